The van der Waals surface area contributed by atoms with E-state index >= 15 is 0 Å². The zero-order valence-corrected chi connectivity index (χ0v) is 23.1. The van der Waals surface area contributed by atoms with Gasteiger partial charge in [-0.25, -0.2) is 4.98 Å². The SMILES string of the molecule is COc1cc(OC)cc(C(=O)N(CC(C)C)C(C)c2nc3ccccc3c(=O)n2-c2cc(C)ccc2C)c1. The second kappa shape index (κ2) is 11.1. The van der Waals surface area contributed by atoms with E-state index in [9.17, 15) is 9.59 Å². The number of fused-ring (bicyclic) bond motifs is 1. The van der Waals surface area contributed by atoms with Crippen LogP contribution >= 0.6 is 0 Å². The lowest BCUT2D eigenvalue weighted by molar-refractivity contribution is 0.0654. The van der Waals surface area contributed by atoms with Crippen LogP contribution in [0.1, 0.15) is 54.1 Å². The molecule has 0 saturated carbocycles. The molecule has 1 atom stereocenters. The molecule has 3 aromatic carbocycles. The molecule has 1 unspecified atom stereocenters. The summed E-state index contributed by atoms with van der Waals surface area (Å²) < 4.78 is 12.5. The highest BCUT2D eigenvalue weighted by molar-refractivity contribution is 5.95. The summed E-state index contributed by atoms with van der Waals surface area (Å²) in [6.45, 7) is 10.5. The van der Waals surface area contributed by atoms with Gasteiger partial charge in [0.15, 0.2) is 0 Å². The molecule has 0 N–H and O–H groups in total. The summed E-state index contributed by atoms with van der Waals surface area (Å²) in [6, 6.07) is 18.0. The molecule has 4 rings (SSSR count). The molecule has 0 spiro atoms. The maximum atomic E-state index is 14.0. The predicted molar refractivity (Wildman–Crippen MR) is 151 cm³/mol. The molecule has 0 aliphatic heterocycles. The molecule has 4 aromatic rings. The number of aryl methyl sites for hydroxylation is 2. The van der Waals surface area contributed by atoms with Gasteiger partial charge in [-0.1, -0.05) is 38.1 Å². The van der Waals surface area contributed by atoms with Crippen molar-refractivity contribution in [1.82, 2.24) is 14.5 Å². The van der Waals surface area contributed by atoms with Crippen LogP contribution < -0.4 is 15.0 Å². The minimum absolute atomic E-state index is 0.161. The van der Waals surface area contributed by atoms with E-state index in [1.165, 1.54) is 0 Å². The van der Waals surface area contributed by atoms with Gasteiger partial charge in [0.25, 0.3) is 11.5 Å². The number of amides is 1. The first-order chi connectivity index (χ1) is 18.1. The van der Waals surface area contributed by atoms with Gasteiger partial charge in [-0.05, 0) is 68.1 Å². The molecule has 1 amide bonds. The molecule has 38 heavy (non-hydrogen) atoms. The van der Waals surface area contributed by atoms with E-state index in [2.05, 4.69) is 13.8 Å². The number of ether oxygens (including phenoxy) is 2. The molecule has 198 valence electrons. The van der Waals surface area contributed by atoms with E-state index in [4.69, 9.17) is 14.5 Å². The number of aromatic nitrogens is 2. The van der Waals surface area contributed by atoms with E-state index in [1.807, 2.05) is 57.2 Å². The topological polar surface area (TPSA) is 73.7 Å². The Morgan fingerprint density at radius 1 is 0.947 bits per heavy atom. The minimum atomic E-state index is -0.515. The third-order valence-electron chi connectivity index (χ3n) is 6.67. The number of carbonyl (C=O) groups excluding carboxylic acids is 1. The van der Waals surface area contributed by atoms with E-state index in [0.717, 1.165) is 16.8 Å². The van der Waals surface area contributed by atoms with Crippen LogP contribution in [0.15, 0.2) is 65.5 Å². The monoisotopic (exact) mass is 513 g/mol. The van der Waals surface area contributed by atoms with Crippen LogP contribution in [0.3, 0.4) is 0 Å². The van der Waals surface area contributed by atoms with Crippen molar-refractivity contribution in [3.8, 4) is 17.2 Å². The Labute approximate surface area is 223 Å². The highest BCUT2D eigenvalue weighted by Gasteiger charge is 2.29. The summed E-state index contributed by atoms with van der Waals surface area (Å²) in [5.74, 6) is 1.54. The number of benzene rings is 3. The Hall–Kier alpha value is -4.13. The van der Waals surface area contributed by atoms with Gasteiger partial charge >= 0.3 is 0 Å². The van der Waals surface area contributed by atoms with Crippen molar-refractivity contribution in [2.45, 2.75) is 40.7 Å². The van der Waals surface area contributed by atoms with Gasteiger partial charge in [-0.2, -0.15) is 0 Å². The summed E-state index contributed by atoms with van der Waals surface area (Å²) in [5.41, 5.74) is 3.61. The maximum absolute atomic E-state index is 14.0. The third-order valence-corrected chi connectivity index (χ3v) is 6.67. The fraction of sp³-hybridized carbons (Fsp3) is 0.323. The fourth-order valence-corrected chi connectivity index (χ4v) is 4.67. The Balaban J connectivity index is 1.95. The quantitative estimate of drug-likeness (QED) is 0.294. The Morgan fingerprint density at radius 2 is 1.61 bits per heavy atom. The van der Waals surface area contributed by atoms with E-state index < -0.39 is 6.04 Å². The summed E-state index contributed by atoms with van der Waals surface area (Å²) >= 11 is 0. The third kappa shape index (κ3) is 5.28. The number of hydrogen-bond donors (Lipinski definition) is 0. The maximum Gasteiger partial charge on any atom is 0.266 e. The molecule has 0 aliphatic rings. The molecule has 0 bridgehead atoms. The Bertz CT molecular complexity index is 1520. The molecule has 1 aromatic heterocycles. The molecule has 0 radical (unpaired) electrons. The smallest absolute Gasteiger partial charge is 0.266 e. The van der Waals surface area contributed by atoms with Gasteiger partial charge in [-0.3, -0.25) is 14.2 Å². The lowest BCUT2D eigenvalue weighted by Crippen LogP contribution is -2.39. The largest absolute Gasteiger partial charge is 0.497 e. The molecule has 7 heteroatoms. The summed E-state index contributed by atoms with van der Waals surface area (Å²) in [7, 11) is 3.11. The first-order valence-corrected chi connectivity index (χ1v) is 12.8. The molecular weight excluding hydrogens is 478 g/mol. The van der Waals surface area contributed by atoms with Crippen molar-refractivity contribution in [3.05, 3.63) is 93.5 Å². The van der Waals surface area contributed by atoms with E-state index in [1.54, 1.807) is 48.0 Å². The molecule has 0 aliphatic carbocycles. The van der Waals surface area contributed by atoms with Crippen molar-refractivity contribution in [3.63, 3.8) is 0 Å². The molecule has 0 fully saturated rings. The highest BCUT2D eigenvalue weighted by Crippen LogP contribution is 2.29. The van der Waals surface area contributed by atoms with Crippen LogP contribution in [-0.2, 0) is 0 Å². The zero-order chi connectivity index (χ0) is 27.6. The number of nitrogens with zero attached hydrogens (tertiary/aromatic N) is 3. The highest BCUT2D eigenvalue weighted by atomic mass is 16.5. The molecule has 1 heterocycles. The fourth-order valence-electron chi connectivity index (χ4n) is 4.67. The summed E-state index contributed by atoms with van der Waals surface area (Å²) in [4.78, 5) is 34.8. The van der Waals surface area contributed by atoms with Crippen LogP contribution in [0.25, 0.3) is 16.6 Å². The van der Waals surface area contributed by atoms with Gasteiger partial charge < -0.3 is 14.4 Å². The minimum Gasteiger partial charge on any atom is -0.497 e. The van der Waals surface area contributed by atoms with Crippen molar-refractivity contribution in [2.75, 3.05) is 20.8 Å². The second-order valence-electron chi connectivity index (χ2n) is 10.0. The van der Waals surface area contributed by atoms with Crippen LogP contribution in [0, 0.1) is 19.8 Å². The van der Waals surface area contributed by atoms with E-state index in [-0.39, 0.29) is 17.4 Å². The average molecular weight is 514 g/mol. The zero-order valence-electron chi connectivity index (χ0n) is 23.1. The summed E-state index contributed by atoms with van der Waals surface area (Å²) in [6.07, 6.45) is 0. The predicted octanol–water partition coefficient (Wildman–Crippen LogP) is 5.88. The first kappa shape index (κ1) is 26.9. The number of rotatable bonds is 8. The van der Waals surface area contributed by atoms with Gasteiger partial charge in [0.2, 0.25) is 0 Å². The van der Waals surface area contributed by atoms with Crippen molar-refractivity contribution in [1.29, 1.82) is 0 Å². The molecular formula is C31H35N3O4. The normalized spacial score (nSPS) is 12.0. The lowest BCUT2D eigenvalue weighted by Gasteiger charge is -2.32. The van der Waals surface area contributed by atoms with Crippen LogP contribution in [0.4, 0.5) is 0 Å². The molecule has 0 saturated heterocycles. The lowest BCUT2D eigenvalue weighted by atomic mass is 10.1. The number of hydrogen-bond acceptors (Lipinski definition) is 5. The van der Waals surface area contributed by atoms with Gasteiger partial charge in [0.1, 0.15) is 17.3 Å². The number of carbonyl (C=O) groups is 1. The Morgan fingerprint density at radius 3 is 2.24 bits per heavy atom. The van der Waals surface area contributed by atoms with Crippen molar-refractivity contribution in [2.24, 2.45) is 5.92 Å². The van der Waals surface area contributed by atoms with Crippen LogP contribution in [0.2, 0.25) is 0 Å². The van der Waals surface area contributed by atoms with Crippen molar-refractivity contribution >= 4 is 16.8 Å². The number of methoxy groups -OCH3 is 2. The van der Waals surface area contributed by atoms with Gasteiger partial charge in [0, 0.05) is 18.2 Å². The van der Waals surface area contributed by atoms with Crippen LogP contribution in [-0.4, -0.2) is 41.1 Å². The Kier molecular flexibility index (Phi) is 7.86. The average Bonchev–Trinajstić information content (AvgIpc) is 2.92. The van der Waals surface area contributed by atoms with Crippen LogP contribution in [0.5, 0.6) is 11.5 Å². The van der Waals surface area contributed by atoms with E-state index in [0.29, 0.717) is 40.3 Å². The molecule has 7 nitrogen and oxygen atoms in total. The van der Waals surface area contributed by atoms with Gasteiger partial charge in [0.05, 0.1) is 36.9 Å². The standard InChI is InChI=1S/C31H35N3O4/c1-19(2)18-33(30(35)23-15-24(37-6)17-25(16-23)38-7)22(5)29-32-27-11-9-8-10-26(27)31(36)34(29)28-14-20(3)12-13-21(28)4/h8-17,19,22H,18H2,1-7H3. The summed E-state index contributed by atoms with van der Waals surface area (Å²) in [5, 5.41) is 0.531. The van der Waals surface area contributed by atoms with Gasteiger partial charge in [-0.15, -0.1) is 0 Å². The number of para-hydroxylation sites is 1. The first-order valence-electron chi connectivity index (χ1n) is 12.8. The second-order valence-corrected chi connectivity index (χ2v) is 10.0. The van der Waals surface area contributed by atoms with Crippen molar-refractivity contribution < 1.29 is 14.3 Å².